The average molecular weight is 293 g/mol. The summed E-state index contributed by atoms with van der Waals surface area (Å²) in [6, 6.07) is 12.2. The van der Waals surface area contributed by atoms with Gasteiger partial charge >= 0.3 is 0 Å². The monoisotopic (exact) mass is 293 g/mol. The Labute approximate surface area is 128 Å². The van der Waals surface area contributed by atoms with Crippen molar-refractivity contribution < 1.29 is 4.79 Å². The highest BCUT2D eigenvalue weighted by molar-refractivity contribution is 7.11. The van der Waals surface area contributed by atoms with Gasteiger partial charge in [-0.15, -0.1) is 11.3 Å². The van der Waals surface area contributed by atoms with E-state index in [0.29, 0.717) is 0 Å². The predicted molar refractivity (Wildman–Crippen MR) is 87.0 cm³/mol. The number of hydrogen-bond acceptors (Lipinski definition) is 3. The molecule has 21 heavy (non-hydrogen) atoms. The minimum atomic E-state index is -0.178. The lowest BCUT2D eigenvalue weighted by Gasteiger charge is -2.39. The Bertz CT molecular complexity index is 742. The van der Waals surface area contributed by atoms with E-state index < -0.39 is 0 Å². The van der Waals surface area contributed by atoms with E-state index in [1.54, 1.807) is 11.3 Å². The standard InChI is InChI=1S/C18H15NOS/c20-12-17-15(13-4-2-1-3-5-13)6-7-16-18-14(9-11-21-18)8-10-19(16)17/h1-7,9,11-12,17H,8,10H2. The third-order valence-electron chi connectivity index (χ3n) is 4.22. The zero-order valence-electron chi connectivity index (χ0n) is 11.5. The summed E-state index contributed by atoms with van der Waals surface area (Å²) in [6.07, 6.45) is 6.36. The molecule has 0 fully saturated rings. The molecule has 0 saturated carbocycles. The molecule has 0 saturated heterocycles. The third kappa shape index (κ3) is 1.96. The van der Waals surface area contributed by atoms with Gasteiger partial charge in [0, 0.05) is 6.54 Å². The van der Waals surface area contributed by atoms with Gasteiger partial charge in [0.15, 0.2) is 0 Å². The van der Waals surface area contributed by atoms with E-state index in [2.05, 4.69) is 40.6 Å². The molecule has 4 rings (SSSR count). The zero-order chi connectivity index (χ0) is 14.2. The quantitative estimate of drug-likeness (QED) is 0.788. The molecule has 2 aliphatic rings. The molecule has 1 unspecified atom stereocenters. The van der Waals surface area contributed by atoms with Crippen LogP contribution in [0.15, 0.2) is 53.9 Å². The first-order chi connectivity index (χ1) is 10.4. The fraction of sp³-hybridized carbons (Fsp3) is 0.167. The van der Waals surface area contributed by atoms with Crippen molar-refractivity contribution in [2.75, 3.05) is 6.54 Å². The Morgan fingerprint density at radius 2 is 2.00 bits per heavy atom. The van der Waals surface area contributed by atoms with Crippen molar-refractivity contribution >= 4 is 28.9 Å². The Kier molecular flexibility index (Phi) is 3.00. The molecule has 0 bridgehead atoms. The van der Waals surface area contributed by atoms with Gasteiger partial charge in [-0.25, -0.2) is 0 Å². The molecule has 0 spiro atoms. The van der Waals surface area contributed by atoms with Crippen LogP contribution < -0.4 is 0 Å². The van der Waals surface area contributed by atoms with Crippen LogP contribution in [-0.4, -0.2) is 23.8 Å². The molecule has 0 amide bonds. The molecule has 0 radical (unpaired) electrons. The van der Waals surface area contributed by atoms with E-state index in [4.69, 9.17) is 0 Å². The van der Waals surface area contributed by atoms with E-state index in [-0.39, 0.29) is 6.04 Å². The van der Waals surface area contributed by atoms with Gasteiger partial charge in [0.25, 0.3) is 0 Å². The van der Waals surface area contributed by atoms with Gasteiger partial charge in [-0.3, -0.25) is 0 Å². The number of thiophene rings is 1. The Balaban J connectivity index is 1.83. The topological polar surface area (TPSA) is 20.3 Å². The highest BCUT2D eigenvalue weighted by Crippen LogP contribution is 2.39. The van der Waals surface area contributed by atoms with Crippen molar-refractivity contribution in [3.63, 3.8) is 0 Å². The first-order valence-electron chi connectivity index (χ1n) is 7.14. The molecule has 104 valence electrons. The summed E-state index contributed by atoms with van der Waals surface area (Å²) >= 11 is 1.77. The van der Waals surface area contributed by atoms with Gasteiger partial charge in [-0.2, -0.15) is 0 Å². The van der Waals surface area contributed by atoms with Gasteiger partial charge < -0.3 is 9.69 Å². The fourth-order valence-electron chi connectivity index (χ4n) is 3.19. The van der Waals surface area contributed by atoms with Crippen LogP contribution >= 0.6 is 11.3 Å². The maximum absolute atomic E-state index is 11.7. The minimum absolute atomic E-state index is 0.178. The zero-order valence-corrected chi connectivity index (χ0v) is 12.3. The van der Waals surface area contributed by atoms with Crippen LogP contribution in [0.1, 0.15) is 16.0 Å². The summed E-state index contributed by atoms with van der Waals surface area (Å²) < 4.78 is 0. The normalized spacial score (nSPS) is 20.2. The van der Waals surface area contributed by atoms with Gasteiger partial charge in [0.2, 0.25) is 0 Å². The van der Waals surface area contributed by atoms with E-state index in [0.717, 1.165) is 30.4 Å². The number of allylic oxidation sites excluding steroid dienone is 2. The maximum atomic E-state index is 11.7. The molecule has 1 aromatic heterocycles. The van der Waals surface area contributed by atoms with Crippen LogP contribution in [0, 0.1) is 0 Å². The molecule has 3 heteroatoms. The summed E-state index contributed by atoms with van der Waals surface area (Å²) in [4.78, 5) is 15.3. The smallest absolute Gasteiger partial charge is 0.147 e. The number of nitrogens with zero attached hydrogens (tertiary/aromatic N) is 1. The molecule has 1 aromatic carbocycles. The van der Waals surface area contributed by atoms with E-state index in [1.165, 1.54) is 16.1 Å². The van der Waals surface area contributed by atoms with Crippen LogP contribution in [0.4, 0.5) is 0 Å². The highest BCUT2D eigenvalue weighted by atomic mass is 32.1. The molecule has 3 heterocycles. The van der Waals surface area contributed by atoms with Crippen molar-refractivity contribution in [3.05, 3.63) is 69.9 Å². The first kappa shape index (κ1) is 12.6. The van der Waals surface area contributed by atoms with Crippen molar-refractivity contribution in [3.8, 4) is 0 Å². The molecule has 1 atom stereocenters. The van der Waals surface area contributed by atoms with Crippen LogP contribution in [0.3, 0.4) is 0 Å². The number of carbonyl (C=O) groups excluding carboxylic acids is 1. The molecule has 0 aliphatic carbocycles. The summed E-state index contributed by atoms with van der Waals surface area (Å²) in [5.41, 5.74) is 4.82. The number of fused-ring (bicyclic) bond motifs is 3. The van der Waals surface area contributed by atoms with Crippen LogP contribution in [0.25, 0.3) is 11.3 Å². The van der Waals surface area contributed by atoms with Crippen molar-refractivity contribution in [2.24, 2.45) is 0 Å². The molecular weight excluding hydrogens is 278 g/mol. The molecular formula is C18H15NOS. The van der Waals surface area contributed by atoms with Crippen LogP contribution in [0.2, 0.25) is 0 Å². The number of aldehydes is 1. The molecule has 0 N–H and O–H groups in total. The van der Waals surface area contributed by atoms with Crippen molar-refractivity contribution in [1.29, 1.82) is 0 Å². The molecule has 2 aromatic rings. The van der Waals surface area contributed by atoms with Gasteiger partial charge in [-0.05, 0) is 40.6 Å². The van der Waals surface area contributed by atoms with Crippen molar-refractivity contribution in [2.45, 2.75) is 12.5 Å². The summed E-state index contributed by atoms with van der Waals surface area (Å²) in [7, 11) is 0. The van der Waals surface area contributed by atoms with Crippen LogP contribution in [-0.2, 0) is 11.2 Å². The SMILES string of the molecule is O=CC1C(c2ccccc2)=CC=C2c3sccc3CCN21. The maximum Gasteiger partial charge on any atom is 0.147 e. The third-order valence-corrected chi connectivity index (χ3v) is 5.20. The highest BCUT2D eigenvalue weighted by Gasteiger charge is 2.32. The summed E-state index contributed by atoms with van der Waals surface area (Å²) in [5.74, 6) is 0. The molecule has 2 aliphatic heterocycles. The number of carbonyl (C=O) groups is 1. The second-order valence-electron chi connectivity index (χ2n) is 5.34. The van der Waals surface area contributed by atoms with Crippen molar-refractivity contribution in [1.82, 2.24) is 4.90 Å². The number of rotatable bonds is 2. The number of benzene rings is 1. The predicted octanol–water partition coefficient (Wildman–Crippen LogP) is 3.61. The van der Waals surface area contributed by atoms with Gasteiger partial charge in [0.1, 0.15) is 12.3 Å². The second kappa shape index (κ2) is 5.01. The fourth-order valence-corrected chi connectivity index (χ4v) is 4.18. The Hall–Kier alpha value is -2.13. The number of hydrogen-bond donors (Lipinski definition) is 0. The lowest BCUT2D eigenvalue weighted by Crippen LogP contribution is -2.41. The lowest BCUT2D eigenvalue weighted by atomic mass is 9.91. The molecule has 2 nitrogen and oxygen atoms in total. The first-order valence-corrected chi connectivity index (χ1v) is 8.02. The van der Waals surface area contributed by atoms with E-state index >= 15 is 0 Å². The Morgan fingerprint density at radius 1 is 1.14 bits per heavy atom. The second-order valence-corrected chi connectivity index (χ2v) is 6.26. The van der Waals surface area contributed by atoms with Crippen LogP contribution in [0.5, 0.6) is 0 Å². The van der Waals surface area contributed by atoms with E-state index in [1.807, 2.05) is 18.2 Å². The summed E-state index contributed by atoms with van der Waals surface area (Å²) in [5, 5.41) is 2.14. The summed E-state index contributed by atoms with van der Waals surface area (Å²) in [6.45, 7) is 0.906. The minimum Gasteiger partial charge on any atom is -0.356 e. The largest absolute Gasteiger partial charge is 0.356 e. The Morgan fingerprint density at radius 3 is 2.81 bits per heavy atom. The lowest BCUT2D eigenvalue weighted by molar-refractivity contribution is -0.110. The average Bonchev–Trinajstić information content (AvgIpc) is 3.03. The van der Waals surface area contributed by atoms with Gasteiger partial charge in [0.05, 0.1) is 10.6 Å². The van der Waals surface area contributed by atoms with Gasteiger partial charge in [-0.1, -0.05) is 36.4 Å². The van der Waals surface area contributed by atoms with E-state index in [9.17, 15) is 4.79 Å².